The van der Waals surface area contributed by atoms with Crippen LogP contribution in [0, 0.1) is 13.8 Å². The van der Waals surface area contributed by atoms with Crippen LogP contribution in [0.3, 0.4) is 0 Å². The van der Waals surface area contributed by atoms with E-state index in [1.54, 1.807) is 19.3 Å². The first kappa shape index (κ1) is 24.1. The summed E-state index contributed by atoms with van der Waals surface area (Å²) >= 11 is 0. The van der Waals surface area contributed by atoms with Crippen molar-refractivity contribution in [3.8, 4) is 5.75 Å². The molecule has 1 heterocycles. The average molecular weight is 428 g/mol. The van der Waals surface area contributed by atoms with E-state index < -0.39 is 0 Å². The second kappa shape index (κ2) is 13.2. The molecule has 0 aliphatic rings. The lowest BCUT2D eigenvalue weighted by Crippen LogP contribution is -2.38. The summed E-state index contributed by atoms with van der Waals surface area (Å²) in [4.78, 5) is 20.5. The van der Waals surface area contributed by atoms with Crippen molar-refractivity contribution in [1.29, 1.82) is 0 Å². The number of carbonyl (C=O) groups excluding carboxylic acids is 1. The number of hydrogen-bond acceptors (Lipinski definition) is 5. The lowest BCUT2D eigenvalue weighted by atomic mass is 10.1. The zero-order valence-corrected chi connectivity index (χ0v) is 18.8. The quantitative estimate of drug-likeness (QED) is 0.290. The van der Waals surface area contributed by atoms with Gasteiger partial charge in [0, 0.05) is 44.9 Å². The maximum Gasteiger partial charge on any atom is 0.227 e. The van der Waals surface area contributed by atoms with Crippen molar-refractivity contribution in [1.82, 2.24) is 15.6 Å². The summed E-state index contributed by atoms with van der Waals surface area (Å²) in [5, 5.41) is 9.20. The molecule has 0 fully saturated rings. The van der Waals surface area contributed by atoms with Gasteiger partial charge in [-0.3, -0.25) is 9.79 Å². The van der Waals surface area contributed by atoms with E-state index in [0.717, 1.165) is 22.4 Å². The molecule has 0 aliphatic carbocycles. The molecule has 31 heavy (non-hydrogen) atoms. The Bertz CT molecular complexity index is 853. The first-order valence-electron chi connectivity index (χ1n) is 10.5. The minimum absolute atomic E-state index is 0.108. The number of aryl methyl sites for hydroxylation is 2. The number of hydrogen-bond donors (Lipinski definition) is 3. The number of aromatic nitrogens is 1. The Balaban J connectivity index is 1.78. The molecule has 0 radical (unpaired) electrons. The number of guanidine groups is 1. The molecule has 1 aromatic heterocycles. The van der Waals surface area contributed by atoms with E-state index in [0.29, 0.717) is 51.1 Å². The van der Waals surface area contributed by atoms with Crippen LogP contribution in [0.5, 0.6) is 5.75 Å². The van der Waals surface area contributed by atoms with Crippen molar-refractivity contribution in [3.05, 3.63) is 53.2 Å². The van der Waals surface area contributed by atoms with E-state index in [-0.39, 0.29) is 5.91 Å². The summed E-state index contributed by atoms with van der Waals surface area (Å²) in [6.07, 6.45) is 2.02. The highest BCUT2D eigenvalue weighted by Crippen LogP contribution is 2.20. The van der Waals surface area contributed by atoms with Crippen molar-refractivity contribution in [3.63, 3.8) is 0 Å². The molecule has 8 nitrogen and oxygen atoms in total. The predicted octanol–water partition coefficient (Wildman–Crippen LogP) is 2.81. The van der Waals surface area contributed by atoms with Crippen molar-refractivity contribution >= 4 is 17.7 Å². The molecule has 2 rings (SSSR count). The van der Waals surface area contributed by atoms with Crippen LogP contribution in [-0.4, -0.2) is 50.3 Å². The molecule has 2 aromatic rings. The van der Waals surface area contributed by atoms with Crippen LogP contribution in [-0.2, 0) is 16.1 Å². The zero-order valence-electron chi connectivity index (χ0n) is 18.8. The highest BCUT2D eigenvalue weighted by molar-refractivity contribution is 5.90. The molecule has 0 unspecified atom stereocenters. The van der Waals surface area contributed by atoms with Gasteiger partial charge in [-0.15, -0.1) is 0 Å². The molecule has 0 saturated heterocycles. The summed E-state index contributed by atoms with van der Waals surface area (Å²) in [5.41, 5.74) is 3.20. The van der Waals surface area contributed by atoms with Crippen molar-refractivity contribution < 1.29 is 14.3 Å². The molecular weight excluding hydrogens is 394 g/mol. The Morgan fingerprint density at radius 3 is 2.61 bits per heavy atom. The molecule has 1 amide bonds. The Morgan fingerprint density at radius 1 is 1.10 bits per heavy atom. The van der Waals surface area contributed by atoms with Crippen LogP contribution in [0.2, 0.25) is 0 Å². The summed E-state index contributed by atoms with van der Waals surface area (Å²) < 4.78 is 11.2. The number of nitrogens with one attached hydrogen (secondary N) is 3. The number of ether oxygens (including phenoxy) is 2. The third-order valence-electron chi connectivity index (χ3n) is 4.41. The molecule has 0 spiro atoms. The maximum absolute atomic E-state index is 12.1. The van der Waals surface area contributed by atoms with E-state index in [1.807, 2.05) is 45.0 Å². The fraction of sp³-hybridized carbons (Fsp3) is 0.435. The van der Waals surface area contributed by atoms with Crippen LogP contribution >= 0.6 is 0 Å². The minimum atomic E-state index is -0.108. The molecular formula is C23H33N5O3. The van der Waals surface area contributed by atoms with Gasteiger partial charge in [0.05, 0.1) is 6.61 Å². The number of pyridine rings is 1. The number of carbonyl (C=O) groups is 1. The van der Waals surface area contributed by atoms with E-state index in [1.165, 1.54) is 0 Å². The molecule has 0 bridgehead atoms. The van der Waals surface area contributed by atoms with Crippen LogP contribution in [0.4, 0.5) is 5.82 Å². The number of benzene rings is 1. The molecule has 168 valence electrons. The lowest BCUT2D eigenvalue weighted by Gasteiger charge is -2.15. The average Bonchev–Trinajstić information content (AvgIpc) is 2.76. The van der Waals surface area contributed by atoms with Gasteiger partial charge in [-0.1, -0.05) is 18.2 Å². The van der Waals surface area contributed by atoms with Gasteiger partial charge in [-0.25, -0.2) is 4.98 Å². The summed E-state index contributed by atoms with van der Waals surface area (Å²) in [7, 11) is 1.69. The van der Waals surface area contributed by atoms with Gasteiger partial charge in [-0.2, -0.15) is 0 Å². The van der Waals surface area contributed by atoms with Gasteiger partial charge in [0.15, 0.2) is 5.96 Å². The summed E-state index contributed by atoms with van der Waals surface area (Å²) in [5.74, 6) is 1.88. The highest BCUT2D eigenvalue weighted by Gasteiger charge is 2.07. The predicted molar refractivity (Wildman–Crippen MR) is 124 cm³/mol. The second-order valence-electron chi connectivity index (χ2n) is 7.03. The van der Waals surface area contributed by atoms with Crippen molar-refractivity contribution in [2.24, 2.45) is 4.99 Å². The Labute approximate surface area is 184 Å². The third-order valence-corrected chi connectivity index (χ3v) is 4.41. The molecule has 0 atom stereocenters. The maximum atomic E-state index is 12.1. The van der Waals surface area contributed by atoms with Crippen LogP contribution in [0.1, 0.15) is 30.0 Å². The van der Waals surface area contributed by atoms with Crippen molar-refractivity contribution in [2.75, 3.05) is 38.7 Å². The van der Waals surface area contributed by atoms with Crippen molar-refractivity contribution in [2.45, 2.75) is 33.7 Å². The van der Waals surface area contributed by atoms with Gasteiger partial charge < -0.3 is 25.4 Å². The summed E-state index contributed by atoms with van der Waals surface area (Å²) in [6.45, 7) is 8.67. The van der Waals surface area contributed by atoms with Gasteiger partial charge >= 0.3 is 0 Å². The van der Waals surface area contributed by atoms with Crippen LogP contribution < -0.4 is 20.7 Å². The van der Waals surface area contributed by atoms with E-state index >= 15 is 0 Å². The minimum Gasteiger partial charge on any atom is -0.491 e. The monoisotopic (exact) mass is 427 g/mol. The van der Waals surface area contributed by atoms with Gasteiger partial charge in [0.1, 0.15) is 18.2 Å². The third kappa shape index (κ3) is 9.04. The van der Waals surface area contributed by atoms with Gasteiger partial charge in [-0.05, 0) is 44.0 Å². The molecule has 0 aliphatic heterocycles. The normalized spacial score (nSPS) is 11.2. The first-order chi connectivity index (χ1) is 15.0. The van der Waals surface area contributed by atoms with E-state index in [2.05, 4.69) is 25.9 Å². The smallest absolute Gasteiger partial charge is 0.227 e. The SMILES string of the molecule is CCOCCOc1cc(C)ccc1CNC(=NC)NCCC(=O)Nc1ccc(C)cn1. The van der Waals surface area contributed by atoms with E-state index in [9.17, 15) is 4.79 Å². The largest absolute Gasteiger partial charge is 0.491 e. The van der Waals surface area contributed by atoms with Crippen LogP contribution in [0.15, 0.2) is 41.5 Å². The summed E-state index contributed by atoms with van der Waals surface area (Å²) in [6, 6.07) is 9.80. The number of amides is 1. The number of aliphatic imine (C=N–C) groups is 1. The second-order valence-corrected chi connectivity index (χ2v) is 7.03. The Hall–Kier alpha value is -3.13. The first-order valence-corrected chi connectivity index (χ1v) is 10.5. The standard InChI is InChI=1S/C23H33N5O3/c1-5-30-12-13-31-20-14-17(2)6-8-19(20)16-27-23(24-4)25-11-10-22(29)28-21-9-7-18(3)15-26-21/h6-9,14-15H,5,10-13,16H2,1-4H3,(H2,24,25,27)(H,26,28,29). The zero-order chi connectivity index (χ0) is 22.5. The molecule has 0 saturated carbocycles. The Kier molecular flexibility index (Phi) is 10.3. The fourth-order valence-corrected chi connectivity index (χ4v) is 2.74. The fourth-order valence-electron chi connectivity index (χ4n) is 2.74. The highest BCUT2D eigenvalue weighted by atomic mass is 16.5. The lowest BCUT2D eigenvalue weighted by molar-refractivity contribution is -0.116. The number of nitrogens with zero attached hydrogens (tertiary/aromatic N) is 2. The van der Waals surface area contributed by atoms with Crippen LogP contribution in [0.25, 0.3) is 0 Å². The topological polar surface area (TPSA) is 96.9 Å². The van der Waals surface area contributed by atoms with E-state index in [4.69, 9.17) is 9.47 Å². The molecule has 1 aromatic carbocycles. The van der Waals surface area contributed by atoms with Gasteiger partial charge in [0.2, 0.25) is 5.91 Å². The number of rotatable bonds is 11. The number of anilines is 1. The van der Waals surface area contributed by atoms with Gasteiger partial charge in [0.25, 0.3) is 0 Å². The molecule has 8 heteroatoms. The molecule has 3 N–H and O–H groups in total. The Morgan fingerprint density at radius 2 is 1.90 bits per heavy atom.